The number of anilines is 1. The molecule has 0 saturated heterocycles. The molecule has 0 atom stereocenters. The number of amides is 1. The minimum absolute atomic E-state index is 0.00206. The fraction of sp³-hybridized carbons (Fsp3) is 0.364. The van der Waals surface area contributed by atoms with E-state index in [2.05, 4.69) is 38.7 Å². The van der Waals surface area contributed by atoms with E-state index in [1.165, 1.54) is 12.5 Å². The van der Waals surface area contributed by atoms with E-state index < -0.39 is 0 Å². The monoisotopic (exact) mass is 270 g/mol. The highest BCUT2D eigenvalue weighted by molar-refractivity contribution is 9.10. The van der Waals surface area contributed by atoms with Crippen molar-refractivity contribution in [3.63, 3.8) is 0 Å². The van der Waals surface area contributed by atoms with Crippen molar-refractivity contribution >= 4 is 27.5 Å². The van der Waals surface area contributed by atoms with Crippen LogP contribution in [0.15, 0.2) is 22.7 Å². The molecule has 2 N–H and O–H groups in total. The summed E-state index contributed by atoms with van der Waals surface area (Å²) in [6, 6.07) is 6.14. The van der Waals surface area contributed by atoms with Gasteiger partial charge in [-0.05, 0) is 30.7 Å². The first kappa shape index (κ1) is 12.0. The zero-order valence-electron chi connectivity index (χ0n) is 8.93. The summed E-state index contributed by atoms with van der Waals surface area (Å²) in [5.41, 5.74) is 2.26. The Morgan fingerprint density at radius 1 is 1.33 bits per heavy atom. The Balaban J connectivity index is 2.40. The van der Waals surface area contributed by atoms with Crippen LogP contribution in [0.2, 0.25) is 0 Å². The molecule has 15 heavy (non-hydrogen) atoms. The predicted molar refractivity (Wildman–Crippen MR) is 66.1 cm³/mol. The highest BCUT2D eigenvalue weighted by Crippen LogP contribution is 2.18. The quantitative estimate of drug-likeness (QED) is 0.825. The molecule has 0 saturated carbocycles. The van der Waals surface area contributed by atoms with Gasteiger partial charge in [-0.3, -0.25) is 4.79 Å². The molecule has 0 heterocycles. The van der Waals surface area contributed by atoms with E-state index >= 15 is 0 Å². The Bertz CT molecular complexity index is 332. The van der Waals surface area contributed by atoms with Crippen LogP contribution in [0.25, 0.3) is 0 Å². The zero-order valence-corrected chi connectivity index (χ0v) is 10.5. The highest BCUT2D eigenvalue weighted by atomic mass is 79.9. The molecule has 1 rings (SSSR count). The third kappa shape index (κ3) is 4.83. The third-order valence-corrected chi connectivity index (χ3v) is 2.33. The maximum Gasteiger partial charge on any atom is 0.216 e. The SMILES string of the molecule is CC(=O)NCCNc1cc(C)cc(Br)c1. The number of benzene rings is 1. The Morgan fingerprint density at radius 3 is 2.67 bits per heavy atom. The predicted octanol–water partition coefficient (Wildman–Crippen LogP) is 2.31. The van der Waals surface area contributed by atoms with Crippen LogP contribution in [0.4, 0.5) is 5.69 Å². The molecule has 0 bridgehead atoms. The van der Waals surface area contributed by atoms with Gasteiger partial charge in [-0.2, -0.15) is 0 Å². The van der Waals surface area contributed by atoms with Gasteiger partial charge in [0.25, 0.3) is 0 Å². The summed E-state index contributed by atoms with van der Waals surface area (Å²) in [6.07, 6.45) is 0. The largest absolute Gasteiger partial charge is 0.383 e. The number of carbonyl (C=O) groups excluding carboxylic acids is 1. The van der Waals surface area contributed by atoms with Gasteiger partial charge in [0, 0.05) is 30.2 Å². The lowest BCUT2D eigenvalue weighted by molar-refractivity contribution is -0.118. The lowest BCUT2D eigenvalue weighted by Crippen LogP contribution is -2.26. The van der Waals surface area contributed by atoms with E-state index in [0.29, 0.717) is 6.54 Å². The van der Waals surface area contributed by atoms with Crippen molar-refractivity contribution in [2.45, 2.75) is 13.8 Å². The molecule has 1 aromatic rings. The minimum Gasteiger partial charge on any atom is -0.383 e. The summed E-state index contributed by atoms with van der Waals surface area (Å²) in [7, 11) is 0. The van der Waals surface area contributed by atoms with E-state index in [1.807, 2.05) is 13.0 Å². The van der Waals surface area contributed by atoms with Crippen molar-refractivity contribution in [3.05, 3.63) is 28.2 Å². The summed E-state index contributed by atoms with van der Waals surface area (Å²) >= 11 is 3.44. The molecule has 1 aromatic carbocycles. The second kappa shape index (κ2) is 5.75. The molecule has 82 valence electrons. The Hall–Kier alpha value is -1.03. The number of carbonyl (C=O) groups is 1. The van der Waals surface area contributed by atoms with Crippen LogP contribution in [0.1, 0.15) is 12.5 Å². The molecule has 0 aliphatic heterocycles. The summed E-state index contributed by atoms with van der Waals surface area (Å²) in [5, 5.41) is 5.97. The fourth-order valence-electron chi connectivity index (χ4n) is 1.28. The van der Waals surface area contributed by atoms with Crippen molar-refractivity contribution < 1.29 is 4.79 Å². The molecule has 1 amide bonds. The van der Waals surface area contributed by atoms with Crippen LogP contribution in [-0.2, 0) is 4.79 Å². The van der Waals surface area contributed by atoms with E-state index in [0.717, 1.165) is 16.7 Å². The van der Waals surface area contributed by atoms with Crippen LogP contribution in [0.5, 0.6) is 0 Å². The van der Waals surface area contributed by atoms with Gasteiger partial charge in [-0.15, -0.1) is 0 Å². The molecule has 0 unspecified atom stereocenters. The highest BCUT2D eigenvalue weighted by Gasteiger charge is 1.96. The standard InChI is InChI=1S/C11H15BrN2O/c1-8-5-10(12)7-11(6-8)14-4-3-13-9(2)15/h5-7,14H,3-4H2,1-2H3,(H,13,15). The zero-order chi connectivity index (χ0) is 11.3. The molecular weight excluding hydrogens is 256 g/mol. The van der Waals surface area contributed by atoms with Crippen molar-refractivity contribution in [2.75, 3.05) is 18.4 Å². The van der Waals surface area contributed by atoms with Crippen molar-refractivity contribution in [3.8, 4) is 0 Å². The number of halogens is 1. The Kier molecular flexibility index (Phi) is 4.62. The number of hydrogen-bond donors (Lipinski definition) is 2. The molecule has 0 spiro atoms. The van der Waals surface area contributed by atoms with Crippen molar-refractivity contribution in [1.82, 2.24) is 5.32 Å². The van der Waals surface area contributed by atoms with E-state index in [4.69, 9.17) is 0 Å². The van der Waals surface area contributed by atoms with Crippen molar-refractivity contribution in [2.24, 2.45) is 0 Å². The first-order chi connectivity index (χ1) is 7.08. The lowest BCUT2D eigenvalue weighted by Gasteiger charge is -2.08. The number of hydrogen-bond acceptors (Lipinski definition) is 2. The maximum atomic E-state index is 10.6. The first-order valence-electron chi connectivity index (χ1n) is 4.83. The average Bonchev–Trinajstić information content (AvgIpc) is 2.10. The maximum absolute atomic E-state index is 10.6. The molecule has 0 aliphatic carbocycles. The molecule has 0 aliphatic rings. The third-order valence-electron chi connectivity index (χ3n) is 1.87. The Morgan fingerprint density at radius 2 is 2.07 bits per heavy atom. The normalized spacial score (nSPS) is 9.80. The van der Waals surface area contributed by atoms with Gasteiger partial charge in [-0.25, -0.2) is 0 Å². The average molecular weight is 271 g/mol. The van der Waals surface area contributed by atoms with Crippen LogP contribution >= 0.6 is 15.9 Å². The van der Waals surface area contributed by atoms with E-state index in [9.17, 15) is 4.79 Å². The lowest BCUT2D eigenvalue weighted by atomic mass is 10.2. The van der Waals surface area contributed by atoms with Crippen LogP contribution in [0, 0.1) is 6.92 Å². The smallest absolute Gasteiger partial charge is 0.216 e. The van der Waals surface area contributed by atoms with Crippen LogP contribution in [-0.4, -0.2) is 19.0 Å². The fourth-order valence-corrected chi connectivity index (χ4v) is 1.89. The molecular formula is C11H15BrN2O. The van der Waals surface area contributed by atoms with Gasteiger partial charge in [0.2, 0.25) is 5.91 Å². The molecule has 0 fully saturated rings. The summed E-state index contributed by atoms with van der Waals surface area (Å²) in [6.45, 7) is 4.93. The summed E-state index contributed by atoms with van der Waals surface area (Å²) in [4.78, 5) is 10.6. The molecule has 0 aromatic heterocycles. The van der Waals surface area contributed by atoms with Gasteiger partial charge in [0.15, 0.2) is 0 Å². The van der Waals surface area contributed by atoms with Crippen LogP contribution < -0.4 is 10.6 Å². The topological polar surface area (TPSA) is 41.1 Å². The summed E-state index contributed by atoms with van der Waals surface area (Å²) in [5.74, 6) is 0.00206. The number of rotatable bonds is 4. The summed E-state index contributed by atoms with van der Waals surface area (Å²) < 4.78 is 1.06. The molecule has 0 radical (unpaired) electrons. The minimum atomic E-state index is 0.00206. The van der Waals surface area contributed by atoms with Gasteiger partial charge >= 0.3 is 0 Å². The van der Waals surface area contributed by atoms with Gasteiger partial charge in [0.1, 0.15) is 0 Å². The van der Waals surface area contributed by atoms with Gasteiger partial charge < -0.3 is 10.6 Å². The van der Waals surface area contributed by atoms with E-state index in [1.54, 1.807) is 0 Å². The van der Waals surface area contributed by atoms with Gasteiger partial charge in [-0.1, -0.05) is 15.9 Å². The van der Waals surface area contributed by atoms with E-state index in [-0.39, 0.29) is 5.91 Å². The van der Waals surface area contributed by atoms with Crippen molar-refractivity contribution in [1.29, 1.82) is 0 Å². The molecule has 4 heteroatoms. The number of nitrogens with one attached hydrogen (secondary N) is 2. The second-order valence-electron chi connectivity index (χ2n) is 3.43. The Labute approximate surface area is 98.4 Å². The first-order valence-corrected chi connectivity index (χ1v) is 5.63. The van der Waals surface area contributed by atoms with Gasteiger partial charge in [0.05, 0.1) is 0 Å². The van der Waals surface area contributed by atoms with Crippen LogP contribution in [0.3, 0.4) is 0 Å². The molecule has 3 nitrogen and oxygen atoms in total. The number of aryl methyl sites for hydroxylation is 1. The second-order valence-corrected chi connectivity index (χ2v) is 4.34.